The zero-order valence-electron chi connectivity index (χ0n) is 8.83. The number of phenols is 1. The predicted molar refractivity (Wildman–Crippen MR) is 63.5 cm³/mol. The summed E-state index contributed by atoms with van der Waals surface area (Å²) < 4.78 is 0. The van der Waals surface area contributed by atoms with Gasteiger partial charge in [-0.3, -0.25) is 4.79 Å². The van der Waals surface area contributed by atoms with Crippen LogP contribution in [0.3, 0.4) is 0 Å². The number of benzene rings is 1. The van der Waals surface area contributed by atoms with Gasteiger partial charge in [0.1, 0.15) is 12.0 Å². The van der Waals surface area contributed by atoms with Crippen LogP contribution in [0, 0.1) is 0 Å². The molecule has 86 valence electrons. The topological polar surface area (TPSA) is 70.9 Å². The average molecular weight is 230 g/mol. The van der Waals surface area contributed by atoms with E-state index < -0.39 is 0 Å². The van der Waals surface area contributed by atoms with E-state index in [0.29, 0.717) is 11.3 Å². The number of allylic oxidation sites excluding steroid dienone is 2. The Morgan fingerprint density at radius 2 is 2.29 bits per heavy atom. The Morgan fingerprint density at radius 1 is 1.41 bits per heavy atom. The lowest BCUT2D eigenvalue weighted by Gasteiger charge is -2.04. The Kier molecular flexibility index (Phi) is 3.20. The molecule has 0 saturated heterocycles. The largest absolute Gasteiger partial charge is 0.508 e. The van der Waals surface area contributed by atoms with Gasteiger partial charge in [-0.1, -0.05) is 11.2 Å². The smallest absolute Gasteiger partial charge is 0.257 e. The van der Waals surface area contributed by atoms with Gasteiger partial charge in [-0.15, -0.1) is 0 Å². The van der Waals surface area contributed by atoms with Crippen molar-refractivity contribution >= 4 is 17.8 Å². The minimum absolute atomic E-state index is 0.0922. The number of carbonyl (C=O) groups is 1. The Labute approximate surface area is 97.7 Å². The van der Waals surface area contributed by atoms with Crippen LogP contribution < -0.4 is 5.32 Å². The van der Waals surface area contributed by atoms with E-state index in [0.717, 1.165) is 0 Å². The first kappa shape index (κ1) is 10.9. The van der Waals surface area contributed by atoms with E-state index in [1.54, 1.807) is 24.3 Å². The second-order valence-electron chi connectivity index (χ2n) is 3.29. The monoisotopic (exact) mass is 230 g/mol. The predicted octanol–water partition coefficient (Wildman–Crippen LogP) is 1.79. The van der Waals surface area contributed by atoms with Crippen LogP contribution in [0.15, 0.2) is 53.4 Å². The minimum Gasteiger partial charge on any atom is -0.508 e. The molecule has 0 unspecified atom stereocenters. The maximum absolute atomic E-state index is 11.8. The Balaban J connectivity index is 2.11. The number of nitrogens with one attached hydrogen (secondary N) is 1. The van der Waals surface area contributed by atoms with Gasteiger partial charge in [0.25, 0.3) is 5.91 Å². The lowest BCUT2D eigenvalue weighted by atomic mass is 10.2. The first-order valence-electron chi connectivity index (χ1n) is 4.92. The van der Waals surface area contributed by atoms with Crippen LogP contribution >= 0.6 is 0 Å². The van der Waals surface area contributed by atoms with E-state index in [4.69, 9.17) is 0 Å². The van der Waals surface area contributed by atoms with Gasteiger partial charge in [0.2, 0.25) is 0 Å². The van der Waals surface area contributed by atoms with Crippen LogP contribution in [0.25, 0.3) is 0 Å². The van der Waals surface area contributed by atoms with Crippen molar-refractivity contribution in [2.75, 3.05) is 5.32 Å². The molecule has 5 nitrogen and oxygen atoms in total. The molecule has 17 heavy (non-hydrogen) atoms. The van der Waals surface area contributed by atoms with Crippen molar-refractivity contribution in [1.29, 1.82) is 0 Å². The number of nitrogens with zero attached hydrogens (tertiary/aromatic N) is 1. The van der Waals surface area contributed by atoms with Gasteiger partial charge in [-0.2, -0.15) is 0 Å². The first-order valence-corrected chi connectivity index (χ1v) is 4.92. The molecule has 1 aromatic rings. The maximum Gasteiger partial charge on any atom is 0.257 e. The quantitative estimate of drug-likeness (QED) is 0.813. The standard InChI is InChI=1S/C12H10N2O3/c15-11-5-1-4-10(7-11)14-12(16)9-3-2-6-17-13-8-9/h1-8,15H,(H,14,16). The Morgan fingerprint density at radius 3 is 3.12 bits per heavy atom. The van der Waals surface area contributed by atoms with E-state index in [9.17, 15) is 9.90 Å². The van der Waals surface area contributed by atoms with Crippen molar-refractivity contribution in [2.24, 2.45) is 5.16 Å². The lowest BCUT2D eigenvalue weighted by Crippen LogP contribution is -2.15. The van der Waals surface area contributed by atoms with E-state index in [1.165, 1.54) is 24.6 Å². The third-order valence-electron chi connectivity index (χ3n) is 2.03. The molecule has 1 aromatic carbocycles. The molecule has 0 fully saturated rings. The van der Waals surface area contributed by atoms with Crippen molar-refractivity contribution < 1.29 is 14.7 Å². The molecular formula is C12H10N2O3. The Bertz CT molecular complexity index is 518. The summed E-state index contributed by atoms with van der Waals surface area (Å²) in [6, 6.07) is 6.30. The van der Waals surface area contributed by atoms with Crippen LogP contribution in [-0.4, -0.2) is 17.2 Å². The normalized spacial score (nSPS) is 13.5. The summed E-state index contributed by atoms with van der Waals surface area (Å²) in [4.78, 5) is 16.5. The number of oxime groups is 1. The minimum atomic E-state index is -0.325. The van der Waals surface area contributed by atoms with Crippen LogP contribution in [0.1, 0.15) is 0 Å². The molecule has 0 saturated carbocycles. The van der Waals surface area contributed by atoms with Gasteiger partial charge in [0.15, 0.2) is 0 Å². The number of carbonyl (C=O) groups excluding carboxylic acids is 1. The fourth-order valence-electron chi connectivity index (χ4n) is 1.26. The molecule has 2 N–H and O–H groups in total. The molecule has 5 heteroatoms. The summed E-state index contributed by atoms with van der Waals surface area (Å²) in [6.07, 6.45) is 5.84. The van der Waals surface area contributed by atoms with Gasteiger partial charge in [0.05, 0.1) is 11.8 Å². The molecule has 2 rings (SSSR count). The second kappa shape index (κ2) is 4.98. The summed E-state index contributed by atoms with van der Waals surface area (Å²) >= 11 is 0. The molecule has 1 aliphatic rings. The molecular weight excluding hydrogens is 220 g/mol. The summed E-state index contributed by atoms with van der Waals surface area (Å²) in [5.74, 6) is -0.232. The van der Waals surface area contributed by atoms with Crippen molar-refractivity contribution in [3.63, 3.8) is 0 Å². The number of rotatable bonds is 2. The number of amides is 1. The highest BCUT2D eigenvalue weighted by atomic mass is 16.6. The molecule has 0 radical (unpaired) electrons. The molecule has 1 heterocycles. The Hall–Kier alpha value is -2.56. The zero-order valence-corrected chi connectivity index (χ0v) is 8.83. The highest BCUT2D eigenvalue weighted by molar-refractivity contribution is 6.17. The zero-order chi connectivity index (χ0) is 12.1. The summed E-state index contributed by atoms with van der Waals surface area (Å²) in [5, 5.41) is 15.4. The molecule has 0 atom stereocenters. The van der Waals surface area contributed by atoms with Gasteiger partial charge in [-0.05, 0) is 24.3 Å². The average Bonchev–Trinajstić information content (AvgIpc) is 2.57. The van der Waals surface area contributed by atoms with Crippen molar-refractivity contribution in [1.82, 2.24) is 0 Å². The molecule has 0 aliphatic carbocycles. The fourth-order valence-corrected chi connectivity index (χ4v) is 1.26. The molecule has 0 spiro atoms. The van der Waals surface area contributed by atoms with Gasteiger partial charge in [-0.25, -0.2) is 0 Å². The number of aromatic hydroxyl groups is 1. The van der Waals surface area contributed by atoms with Crippen molar-refractivity contribution in [3.8, 4) is 5.75 Å². The van der Waals surface area contributed by atoms with E-state index in [2.05, 4.69) is 15.3 Å². The third kappa shape index (κ3) is 2.94. The highest BCUT2D eigenvalue weighted by Crippen LogP contribution is 2.16. The molecule has 1 aliphatic heterocycles. The SMILES string of the molecule is O=C(Nc1cccc(O)c1)C1=CC=CON=C1. The summed E-state index contributed by atoms with van der Waals surface area (Å²) in [5.41, 5.74) is 0.875. The number of anilines is 1. The van der Waals surface area contributed by atoms with Crippen LogP contribution in [0.2, 0.25) is 0 Å². The van der Waals surface area contributed by atoms with Crippen LogP contribution in [0.4, 0.5) is 5.69 Å². The number of hydrogen-bond donors (Lipinski definition) is 2. The van der Waals surface area contributed by atoms with Crippen molar-refractivity contribution in [2.45, 2.75) is 0 Å². The maximum atomic E-state index is 11.8. The highest BCUT2D eigenvalue weighted by Gasteiger charge is 2.08. The van der Waals surface area contributed by atoms with E-state index in [1.807, 2.05) is 0 Å². The summed E-state index contributed by atoms with van der Waals surface area (Å²) in [6.45, 7) is 0. The second-order valence-corrected chi connectivity index (χ2v) is 3.29. The van der Waals surface area contributed by atoms with Gasteiger partial charge < -0.3 is 15.3 Å². The van der Waals surface area contributed by atoms with Crippen LogP contribution in [-0.2, 0) is 9.63 Å². The fraction of sp³-hybridized carbons (Fsp3) is 0. The lowest BCUT2D eigenvalue weighted by molar-refractivity contribution is -0.112. The van der Waals surface area contributed by atoms with E-state index in [-0.39, 0.29) is 11.7 Å². The first-order chi connectivity index (χ1) is 8.25. The van der Waals surface area contributed by atoms with Gasteiger partial charge >= 0.3 is 0 Å². The van der Waals surface area contributed by atoms with Crippen LogP contribution in [0.5, 0.6) is 5.75 Å². The third-order valence-corrected chi connectivity index (χ3v) is 2.03. The molecule has 0 bridgehead atoms. The van der Waals surface area contributed by atoms with E-state index >= 15 is 0 Å². The number of hydrogen-bond acceptors (Lipinski definition) is 4. The molecule has 1 amide bonds. The number of phenolic OH excluding ortho intramolecular Hbond substituents is 1. The summed E-state index contributed by atoms with van der Waals surface area (Å²) in [7, 11) is 0. The van der Waals surface area contributed by atoms with Gasteiger partial charge in [0, 0.05) is 11.8 Å². The molecule has 0 aromatic heterocycles. The van der Waals surface area contributed by atoms with Crippen molar-refractivity contribution in [3.05, 3.63) is 48.3 Å².